The summed E-state index contributed by atoms with van der Waals surface area (Å²) in [6, 6.07) is 6.98. The maximum atomic E-state index is 11.7. The van der Waals surface area contributed by atoms with Gasteiger partial charge in [-0.05, 0) is 37.8 Å². The van der Waals surface area contributed by atoms with Crippen molar-refractivity contribution < 1.29 is 14.0 Å². The molecule has 0 saturated carbocycles. The summed E-state index contributed by atoms with van der Waals surface area (Å²) in [6.45, 7) is 5.93. The number of carbonyl (C=O) groups excluding carboxylic acids is 1. The molecule has 0 bridgehead atoms. The van der Waals surface area contributed by atoms with E-state index >= 15 is 0 Å². The second-order valence-corrected chi connectivity index (χ2v) is 8.66. The van der Waals surface area contributed by atoms with Crippen molar-refractivity contribution in [2.24, 2.45) is 0 Å². The van der Waals surface area contributed by atoms with Crippen molar-refractivity contribution in [2.75, 3.05) is 7.11 Å². The topological polar surface area (TPSA) is 35.5 Å². The zero-order valence-corrected chi connectivity index (χ0v) is 10.5. The minimum absolute atomic E-state index is 0.270. The van der Waals surface area contributed by atoms with Gasteiger partial charge >= 0.3 is 5.97 Å². The highest BCUT2D eigenvalue weighted by atomic mass is 28.4. The van der Waals surface area contributed by atoms with Gasteiger partial charge in [0.05, 0.1) is 12.7 Å². The molecule has 0 saturated heterocycles. The Labute approximate surface area is 91.1 Å². The second-order valence-electron chi connectivity index (χ2n) is 4.23. The molecule has 1 aromatic carbocycles. The van der Waals surface area contributed by atoms with Crippen molar-refractivity contribution >= 4 is 14.3 Å². The molecule has 1 rings (SSSR count). The fourth-order valence-corrected chi connectivity index (χ4v) is 1.76. The number of hydrogen-bond donors (Lipinski definition) is 0. The van der Waals surface area contributed by atoms with Gasteiger partial charge in [-0.25, -0.2) is 4.79 Å². The molecule has 0 atom stereocenters. The van der Waals surface area contributed by atoms with E-state index in [4.69, 9.17) is 9.16 Å². The smallest absolute Gasteiger partial charge is 0.324 e. The first-order valence-corrected chi connectivity index (χ1v) is 8.20. The minimum atomic E-state index is -1.82. The molecule has 0 aliphatic heterocycles. The number of carbonyl (C=O) groups is 1. The van der Waals surface area contributed by atoms with E-state index in [1.54, 1.807) is 31.4 Å². The van der Waals surface area contributed by atoms with Crippen molar-refractivity contribution in [3.8, 4) is 5.75 Å². The Balaban J connectivity index is 2.82. The highest BCUT2D eigenvalue weighted by Gasteiger charge is 2.21. The Morgan fingerprint density at radius 3 is 2.47 bits per heavy atom. The van der Waals surface area contributed by atoms with E-state index < -0.39 is 8.32 Å². The summed E-state index contributed by atoms with van der Waals surface area (Å²) in [4.78, 5) is 11.7. The van der Waals surface area contributed by atoms with Gasteiger partial charge in [-0.1, -0.05) is 6.07 Å². The first-order chi connectivity index (χ1) is 6.92. The molecular weight excluding hydrogens is 208 g/mol. The molecule has 4 heteroatoms. The highest BCUT2D eigenvalue weighted by Crippen LogP contribution is 2.15. The van der Waals surface area contributed by atoms with E-state index in [2.05, 4.69) is 0 Å². The zero-order valence-electron chi connectivity index (χ0n) is 9.53. The van der Waals surface area contributed by atoms with Gasteiger partial charge in [0.25, 0.3) is 0 Å². The Hall–Kier alpha value is -1.29. The predicted molar refractivity (Wildman–Crippen MR) is 61.8 cm³/mol. The van der Waals surface area contributed by atoms with Crippen LogP contribution in [0.15, 0.2) is 24.3 Å². The van der Waals surface area contributed by atoms with Gasteiger partial charge in [0.15, 0.2) is 0 Å². The Morgan fingerprint density at radius 2 is 1.93 bits per heavy atom. The minimum Gasteiger partial charge on any atom is -0.516 e. The summed E-state index contributed by atoms with van der Waals surface area (Å²) in [6.07, 6.45) is 0. The SMILES string of the molecule is COc1cccc(C(=O)O[Si](C)(C)C)c1. The lowest BCUT2D eigenvalue weighted by Gasteiger charge is -2.17. The largest absolute Gasteiger partial charge is 0.516 e. The van der Waals surface area contributed by atoms with Crippen LogP contribution in [0.1, 0.15) is 10.4 Å². The van der Waals surface area contributed by atoms with E-state index in [0.29, 0.717) is 11.3 Å². The molecule has 1 aromatic rings. The Morgan fingerprint density at radius 1 is 1.27 bits per heavy atom. The summed E-state index contributed by atoms with van der Waals surface area (Å²) in [5, 5.41) is 0. The monoisotopic (exact) mass is 224 g/mol. The molecule has 0 aliphatic carbocycles. The van der Waals surface area contributed by atoms with Crippen LogP contribution in [-0.4, -0.2) is 21.4 Å². The third-order valence-corrected chi connectivity index (χ3v) is 2.50. The molecule has 0 radical (unpaired) electrons. The molecule has 0 fully saturated rings. The van der Waals surface area contributed by atoms with E-state index in [-0.39, 0.29) is 5.97 Å². The zero-order chi connectivity index (χ0) is 11.5. The van der Waals surface area contributed by atoms with Crippen molar-refractivity contribution in [1.29, 1.82) is 0 Å². The van der Waals surface area contributed by atoms with Crippen molar-refractivity contribution in [3.63, 3.8) is 0 Å². The van der Waals surface area contributed by atoms with Crippen molar-refractivity contribution in [1.82, 2.24) is 0 Å². The molecule has 0 unspecified atom stereocenters. The first-order valence-electron chi connectivity index (χ1n) is 4.80. The van der Waals surface area contributed by atoms with Crippen LogP contribution in [-0.2, 0) is 4.43 Å². The van der Waals surface area contributed by atoms with Crippen LogP contribution in [0.3, 0.4) is 0 Å². The number of hydrogen-bond acceptors (Lipinski definition) is 3. The van der Waals surface area contributed by atoms with Gasteiger partial charge in [0.1, 0.15) is 5.75 Å². The van der Waals surface area contributed by atoms with Gasteiger partial charge < -0.3 is 9.16 Å². The van der Waals surface area contributed by atoms with Crippen LogP contribution in [0.25, 0.3) is 0 Å². The summed E-state index contributed by atoms with van der Waals surface area (Å²) < 4.78 is 10.4. The highest BCUT2D eigenvalue weighted by molar-refractivity contribution is 6.71. The van der Waals surface area contributed by atoms with Crippen LogP contribution >= 0.6 is 0 Å². The van der Waals surface area contributed by atoms with E-state index in [0.717, 1.165) is 0 Å². The maximum Gasteiger partial charge on any atom is 0.324 e. The molecule has 15 heavy (non-hydrogen) atoms. The normalized spacial score (nSPS) is 10.9. The van der Waals surface area contributed by atoms with Gasteiger partial charge in [0.2, 0.25) is 8.32 Å². The van der Waals surface area contributed by atoms with Gasteiger partial charge in [-0.2, -0.15) is 0 Å². The molecule has 0 N–H and O–H groups in total. The fourth-order valence-electron chi connectivity index (χ4n) is 1.09. The van der Waals surface area contributed by atoms with Gasteiger partial charge in [0, 0.05) is 0 Å². The van der Waals surface area contributed by atoms with Crippen LogP contribution in [0, 0.1) is 0 Å². The molecular formula is C11H16O3Si. The molecule has 0 amide bonds. The molecule has 0 aliphatic rings. The Bertz CT molecular complexity index is 355. The molecule has 82 valence electrons. The third kappa shape index (κ3) is 3.75. The second kappa shape index (κ2) is 4.48. The number of ether oxygens (including phenoxy) is 1. The average molecular weight is 224 g/mol. The van der Waals surface area contributed by atoms with E-state index in [9.17, 15) is 4.79 Å². The molecule has 0 heterocycles. The summed E-state index contributed by atoms with van der Waals surface area (Å²) >= 11 is 0. The van der Waals surface area contributed by atoms with E-state index in [1.165, 1.54) is 0 Å². The van der Waals surface area contributed by atoms with Crippen LogP contribution in [0.2, 0.25) is 19.6 Å². The quantitative estimate of drug-likeness (QED) is 0.740. The Kier molecular flexibility index (Phi) is 3.52. The first kappa shape index (κ1) is 11.8. The lowest BCUT2D eigenvalue weighted by molar-refractivity contribution is 0.0724. The summed E-state index contributed by atoms with van der Waals surface area (Å²) in [5.41, 5.74) is 0.539. The standard InChI is InChI=1S/C11H16O3Si/c1-13-10-7-5-6-9(8-10)11(12)14-15(2,3)4/h5-8H,1-4H3. The molecule has 3 nitrogen and oxygen atoms in total. The van der Waals surface area contributed by atoms with Crippen LogP contribution < -0.4 is 4.74 Å². The maximum absolute atomic E-state index is 11.7. The summed E-state index contributed by atoms with van der Waals surface area (Å²) in [7, 11) is -0.249. The molecule has 0 aromatic heterocycles. The van der Waals surface area contributed by atoms with Crippen LogP contribution in [0.4, 0.5) is 0 Å². The van der Waals surface area contributed by atoms with Crippen molar-refractivity contribution in [2.45, 2.75) is 19.6 Å². The van der Waals surface area contributed by atoms with Gasteiger partial charge in [-0.3, -0.25) is 0 Å². The lowest BCUT2D eigenvalue weighted by Crippen LogP contribution is -2.29. The number of benzene rings is 1. The number of methoxy groups -OCH3 is 1. The van der Waals surface area contributed by atoms with E-state index in [1.807, 2.05) is 19.6 Å². The van der Waals surface area contributed by atoms with Crippen LogP contribution in [0.5, 0.6) is 5.75 Å². The fraction of sp³-hybridized carbons (Fsp3) is 0.364. The number of rotatable bonds is 3. The lowest BCUT2D eigenvalue weighted by atomic mass is 10.2. The van der Waals surface area contributed by atoms with Crippen molar-refractivity contribution in [3.05, 3.63) is 29.8 Å². The average Bonchev–Trinajstić information content (AvgIpc) is 2.15. The predicted octanol–water partition coefficient (Wildman–Crippen LogP) is 2.69. The molecule has 0 spiro atoms. The van der Waals surface area contributed by atoms with Gasteiger partial charge in [-0.15, -0.1) is 0 Å². The summed E-state index contributed by atoms with van der Waals surface area (Å²) in [5.74, 6) is 0.396. The third-order valence-electron chi connectivity index (χ3n) is 1.70.